The Kier molecular flexibility index (Phi) is 2.70. The topological polar surface area (TPSA) is 29.5 Å². The van der Waals surface area contributed by atoms with Gasteiger partial charge in [-0.05, 0) is 55.8 Å². The molecule has 0 aromatic heterocycles. The Labute approximate surface area is 97.7 Å². The highest BCUT2D eigenvalue weighted by atomic mass is 16.5. The van der Waals surface area contributed by atoms with Gasteiger partial charge >= 0.3 is 0 Å². The van der Waals surface area contributed by atoms with Crippen LogP contribution in [0.4, 0.5) is 0 Å². The lowest BCUT2D eigenvalue weighted by Crippen LogP contribution is -2.50. The van der Waals surface area contributed by atoms with Crippen LogP contribution in [0.15, 0.2) is 12.8 Å². The molecule has 4 saturated carbocycles. The van der Waals surface area contributed by atoms with Crippen LogP contribution >= 0.6 is 0 Å². The van der Waals surface area contributed by atoms with Crippen LogP contribution < -0.4 is 0 Å². The lowest BCUT2D eigenvalue weighted by atomic mass is 9.51. The van der Waals surface area contributed by atoms with E-state index < -0.39 is 0 Å². The van der Waals surface area contributed by atoms with Gasteiger partial charge < -0.3 is 9.84 Å². The zero-order chi connectivity index (χ0) is 11.1. The average Bonchev–Trinajstić information content (AvgIpc) is 2.26. The molecule has 16 heavy (non-hydrogen) atoms. The molecule has 0 spiro atoms. The van der Waals surface area contributed by atoms with Crippen LogP contribution in [0.25, 0.3) is 0 Å². The van der Waals surface area contributed by atoms with E-state index in [0.29, 0.717) is 5.92 Å². The highest BCUT2D eigenvalue weighted by molar-refractivity contribution is 5.00. The summed E-state index contributed by atoms with van der Waals surface area (Å²) in [6.45, 7) is 3.78. The first-order chi connectivity index (χ1) is 7.81. The van der Waals surface area contributed by atoms with E-state index in [1.165, 1.54) is 38.4 Å². The quantitative estimate of drug-likeness (QED) is 0.741. The Morgan fingerprint density at radius 1 is 1.12 bits per heavy atom. The summed E-state index contributed by atoms with van der Waals surface area (Å²) >= 11 is 0. The van der Waals surface area contributed by atoms with Gasteiger partial charge in [-0.1, -0.05) is 6.58 Å². The van der Waals surface area contributed by atoms with E-state index in [9.17, 15) is 5.11 Å². The molecule has 0 aromatic rings. The summed E-state index contributed by atoms with van der Waals surface area (Å²) in [7, 11) is 0. The fraction of sp³-hybridized carbons (Fsp3) is 0.857. The van der Waals surface area contributed by atoms with E-state index >= 15 is 0 Å². The van der Waals surface area contributed by atoms with Gasteiger partial charge in [0.15, 0.2) is 0 Å². The number of aliphatic hydroxyl groups is 1. The van der Waals surface area contributed by atoms with Gasteiger partial charge in [0.25, 0.3) is 0 Å². The molecule has 0 radical (unpaired) electrons. The standard InChI is InChI=1S/C14H22O2/c1-2-16-13(8-15)14-11-4-9-3-10(6-11)7-12(14)5-9/h2,9-15H,1,3-8H2. The number of ether oxygens (including phenoxy) is 1. The first-order valence-electron chi connectivity index (χ1n) is 6.69. The van der Waals surface area contributed by atoms with E-state index in [-0.39, 0.29) is 12.7 Å². The third-order valence-electron chi connectivity index (χ3n) is 5.18. The van der Waals surface area contributed by atoms with E-state index in [2.05, 4.69) is 6.58 Å². The molecule has 0 aliphatic heterocycles. The van der Waals surface area contributed by atoms with Crippen LogP contribution in [-0.4, -0.2) is 17.8 Å². The van der Waals surface area contributed by atoms with Crippen LogP contribution in [0, 0.1) is 29.6 Å². The van der Waals surface area contributed by atoms with Crippen LogP contribution in [0.3, 0.4) is 0 Å². The number of hydrogen-bond donors (Lipinski definition) is 1. The summed E-state index contributed by atoms with van der Waals surface area (Å²) in [5, 5.41) is 9.47. The highest BCUT2D eigenvalue weighted by Gasteiger charge is 2.50. The van der Waals surface area contributed by atoms with E-state index in [4.69, 9.17) is 4.74 Å². The Bertz CT molecular complexity index is 246. The maximum atomic E-state index is 9.47. The summed E-state index contributed by atoms with van der Waals surface area (Å²) < 4.78 is 5.53. The summed E-state index contributed by atoms with van der Waals surface area (Å²) in [5.41, 5.74) is 0. The van der Waals surface area contributed by atoms with Crippen molar-refractivity contribution in [2.24, 2.45) is 29.6 Å². The summed E-state index contributed by atoms with van der Waals surface area (Å²) in [5.74, 6) is 4.20. The maximum Gasteiger partial charge on any atom is 0.124 e. The molecule has 1 N–H and O–H groups in total. The highest BCUT2D eigenvalue weighted by Crippen LogP contribution is 2.57. The van der Waals surface area contributed by atoms with Gasteiger partial charge in [-0.15, -0.1) is 0 Å². The van der Waals surface area contributed by atoms with Crippen LogP contribution in [-0.2, 0) is 4.74 Å². The van der Waals surface area contributed by atoms with Crippen LogP contribution in [0.5, 0.6) is 0 Å². The largest absolute Gasteiger partial charge is 0.496 e. The molecule has 2 nitrogen and oxygen atoms in total. The normalized spacial score (nSPS) is 46.7. The second-order valence-electron chi connectivity index (χ2n) is 6.03. The van der Waals surface area contributed by atoms with E-state index in [1.807, 2.05) is 0 Å². The SMILES string of the molecule is C=COC(CO)C1C2CC3CC(C2)CC1C3. The molecule has 4 bridgehead atoms. The van der Waals surface area contributed by atoms with Gasteiger partial charge in [-0.25, -0.2) is 0 Å². The molecule has 4 aliphatic rings. The number of aliphatic hydroxyl groups excluding tert-OH is 1. The summed E-state index contributed by atoms with van der Waals surface area (Å²) in [6.07, 6.45) is 8.53. The zero-order valence-corrected chi connectivity index (χ0v) is 9.85. The predicted molar refractivity (Wildman–Crippen MR) is 62.7 cm³/mol. The van der Waals surface area contributed by atoms with Crippen molar-refractivity contribution in [1.82, 2.24) is 0 Å². The molecule has 90 valence electrons. The minimum atomic E-state index is 0.00694. The molecule has 4 aliphatic carbocycles. The number of rotatable bonds is 4. The van der Waals surface area contributed by atoms with Gasteiger partial charge in [-0.3, -0.25) is 0 Å². The van der Waals surface area contributed by atoms with Crippen LogP contribution in [0.2, 0.25) is 0 Å². The fourth-order valence-electron chi connectivity index (χ4n) is 4.95. The van der Waals surface area contributed by atoms with Gasteiger partial charge in [0.1, 0.15) is 6.10 Å². The Hall–Kier alpha value is -0.500. The van der Waals surface area contributed by atoms with Crippen molar-refractivity contribution in [1.29, 1.82) is 0 Å². The smallest absolute Gasteiger partial charge is 0.124 e. The second kappa shape index (κ2) is 4.06. The Balaban J connectivity index is 1.77. The van der Waals surface area contributed by atoms with Crippen molar-refractivity contribution in [3.8, 4) is 0 Å². The van der Waals surface area contributed by atoms with Crippen LogP contribution in [0.1, 0.15) is 32.1 Å². The monoisotopic (exact) mass is 222 g/mol. The first-order valence-corrected chi connectivity index (χ1v) is 6.69. The Morgan fingerprint density at radius 2 is 1.69 bits per heavy atom. The molecular weight excluding hydrogens is 200 g/mol. The summed E-state index contributed by atoms with van der Waals surface area (Å²) in [6, 6.07) is 0. The van der Waals surface area contributed by atoms with E-state index in [1.54, 1.807) is 0 Å². The maximum absolute atomic E-state index is 9.47. The van der Waals surface area contributed by atoms with Crippen molar-refractivity contribution >= 4 is 0 Å². The third-order valence-corrected chi connectivity index (χ3v) is 5.18. The molecular formula is C14H22O2. The molecule has 4 rings (SSSR count). The lowest BCUT2D eigenvalue weighted by Gasteiger charge is -2.55. The van der Waals surface area contributed by atoms with E-state index in [0.717, 1.165) is 23.7 Å². The number of hydrogen-bond acceptors (Lipinski definition) is 2. The predicted octanol–water partition coefficient (Wildman–Crippen LogP) is 2.58. The molecule has 0 heterocycles. The zero-order valence-electron chi connectivity index (χ0n) is 9.85. The van der Waals surface area contributed by atoms with Crippen molar-refractivity contribution in [3.05, 3.63) is 12.8 Å². The molecule has 0 aromatic carbocycles. The van der Waals surface area contributed by atoms with Gasteiger partial charge in [0.2, 0.25) is 0 Å². The minimum Gasteiger partial charge on any atom is -0.496 e. The van der Waals surface area contributed by atoms with Crippen molar-refractivity contribution in [2.75, 3.05) is 6.61 Å². The molecule has 1 atom stereocenters. The fourth-order valence-corrected chi connectivity index (χ4v) is 4.95. The summed E-state index contributed by atoms with van der Waals surface area (Å²) in [4.78, 5) is 0. The first kappa shape index (κ1) is 10.6. The molecule has 0 saturated heterocycles. The van der Waals surface area contributed by atoms with Gasteiger partial charge in [0, 0.05) is 5.92 Å². The van der Waals surface area contributed by atoms with Gasteiger partial charge in [-0.2, -0.15) is 0 Å². The average molecular weight is 222 g/mol. The molecule has 1 unspecified atom stereocenters. The second-order valence-corrected chi connectivity index (χ2v) is 6.03. The molecule has 2 heteroatoms. The van der Waals surface area contributed by atoms with Crippen molar-refractivity contribution in [2.45, 2.75) is 38.2 Å². The third kappa shape index (κ3) is 1.58. The van der Waals surface area contributed by atoms with Crippen molar-refractivity contribution in [3.63, 3.8) is 0 Å². The Morgan fingerprint density at radius 3 is 2.12 bits per heavy atom. The minimum absolute atomic E-state index is 0.00694. The van der Waals surface area contributed by atoms with Crippen molar-refractivity contribution < 1.29 is 9.84 Å². The molecule has 0 amide bonds. The molecule has 4 fully saturated rings. The van der Waals surface area contributed by atoms with Gasteiger partial charge in [0.05, 0.1) is 12.9 Å². The lowest BCUT2D eigenvalue weighted by molar-refractivity contribution is -0.104.